The predicted molar refractivity (Wildman–Crippen MR) is 59.3 cm³/mol. The standard InChI is InChI=1S/C12H19NO/c1-3-5-12(13)11-7-6-10(14)8-9(11)4-2/h6-8,12,14H,3-5,13H2,1-2H3/t12-/m1/s1. The Hall–Kier alpha value is -1.02. The predicted octanol–water partition coefficient (Wildman–Crippen LogP) is 2.75. The molecule has 0 fully saturated rings. The Kier molecular flexibility index (Phi) is 3.96. The van der Waals surface area contributed by atoms with Crippen LogP contribution >= 0.6 is 0 Å². The fourth-order valence-corrected chi connectivity index (χ4v) is 1.73. The van der Waals surface area contributed by atoms with Gasteiger partial charge in [-0.3, -0.25) is 0 Å². The molecule has 2 nitrogen and oxygen atoms in total. The zero-order valence-electron chi connectivity index (χ0n) is 8.96. The molecule has 0 aliphatic heterocycles. The van der Waals surface area contributed by atoms with Crippen LogP contribution < -0.4 is 5.73 Å². The minimum atomic E-state index is 0.107. The van der Waals surface area contributed by atoms with E-state index in [1.807, 2.05) is 12.1 Å². The molecule has 0 bridgehead atoms. The van der Waals surface area contributed by atoms with Crippen molar-refractivity contribution in [1.82, 2.24) is 0 Å². The minimum Gasteiger partial charge on any atom is -0.508 e. The van der Waals surface area contributed by atoms with Crippen molar-refractivity contribution in [3.8, 4) is 5.75 Å². The molecule has 1 aromatic carbocycles. The van der Waals surface area contributed by atoms with Crippen LogP contribution in [0.4, 0.5) is 0 Å². The highest BCUT2D eigenvalue weighted by atomic mass is 16.3. The van der Waals surface area contributed by atoms with E-state index < -0.39 is 0 Å². The van der Waals surface area contributed by atoms with Gasteiger partial charge in [0.2, 0.25) is 0 Å². The van der Waals surface area contributed by atoms with Crippen LogP contribution in [0.15, 0.2) is 18.2 Å². The summed E-state index contributed by atoms with van der Waals surface area (Å²) < 4.78 is 0. The number of aromatic hydroxyl groups is 1. The van der Waals surface area contributed by atoms with E-state index in [0.29, 0.717) is 5.75 Å². The smallest absolute Gasteiger partial charge is 0.115 e. The average molecular weight is 193 g/mol. The van der Waals surface area contributed by atoms with E-state index >= 15 is 0 Å². The fourth-order valence-electron chi connectivity index (χ4n) is 1.73. The summed E-state index contributed by atoms with van der Waals surface area (Å²) in [7, 11) is 0. The second kappa shape index (κ2) is 5.01. The number of hydrogen-bond donors (Lipinski definition) is 2. The lowest BCUT2D eigenvalue weighted by Gasteiger charge is -2.15. The molecule has 1 rings (SSSR count). The summed E-state index contributed by atoms with van der Waals surface area (Å²) in [6.45, 7) is 4.21. The first-order chi connectivity index (χ1) is 6.69. The molecule has 0 aromatic heterocycles. The Morgan fingerprint density at radius 1 is 1.36 bits per heavy atom. The second-order valence-corrected chi connectivity index (χ2v) is 3.63. The molecule has 0 saturated carbocycles. The normalized spacial score (nSPS) is 12.8. The Labute approximate surface area is 85.8 Å². The zero-order valence-corrected chi connectivity index (χ0v) is 8.96. The van der Waals surface area contributed by atoms with Crippen molar-refractivity contribution >= 4 is 0 Å². The maximum atomic E-state index is 9.34. The van der Waals surface area contributed by atoms with Gasteiger partial charge in [-0.05, 0) is 36.1 Å². The molecule has 0 unspecified atom stereocenters. The molecule has 1 aromatic rings. The molecule has 0 aliphatic carbocycles. The molecule has 0 aliphatic rings. The van der Waals surface area contributed by atoms with Gasteiger partial charge in [0.15, 0.2) is 0 Å². The molecule has 14 heavy (non-hydrogen) atoms. The summed E-state index contributed by atoms with van der Waals surface area (Å²) in [5.74, 6) is 0.328. The van der Waals surface area contributed by atoms with E-state index in [9.17, 15) is 5.11 Å². The quantitative estimate of drug-likeness (QED) is 0.772. The number of benzene rings is 1. The molecule has 0 amide bonds. The third kappa shape index (κ3) is 2.48. The Balaban J connectivity index is 2.95. The molecule has 0 saturated heterocycles. The van der Waals surface area contributed by atoms with E-state index in [0.717, 1.165) is 24.8 Å². The van der Waals surface area contributed by atoms with Gasteiger partial charge in [-0.1, -0.05) is 26.3 Å². The summed E-state index contributed by atoms with van der Waals surface area (Å²) >= 11 is 0. The number of rotatable bonds is 4. The minimum absolute atomic E-state index is 0.107. The molecule has 0 spiro atoms. The topological polar surface area (TPSA) is 46.2 Å². The maximum Gasteiger partial charge on any atom is 0.115 e. The average Bonchev–Trinajstić information content (AvgIpc) is 2.17. The highest BCUT2D eigenvalue weighted by Crippen LogP contribution is 2.24. The van der Waals surface area contributed by atoms with Crippen molar-refractivity contribution < 1.29 is 5.11 Å². The first-order valence-corrected chi connectivity index (χ1v) is 5.26. The fraction of sp³-hybridized carbons (Fsp3) is 0.500. The van der Waals surface area contributed by atoms with Gasteiger partial charge in [0, 0.05) is 6.04 Å². The van der Waals surface area contributed by atoms with Crippen LogP contribution in [0.3, 0.4) is 0 Å². The van der Waals surface area contributed by atoms with E-state index in [2.05, 4.69) is 13.8 Å². The molecule has 2 heteroatoms. The molecular weight excluding hydrogens is 174 g/mol. The Morgan fingerprint density at radius 3 is 2.64 bits per heavy atom. The van der Waals surface area contributed by atoms with Gasteiger partial charge in [-0.25, -0.2) is 0 Å². The lowest BCUT2D eigenvalue weighted by atomic mass is 9.96. The SMILES string of the molecule is CCC[C@@H](N)c1ccc(O)cc1CC. The summed E-state index contributed by atoms with van der Waals surface area (Å²) in [6.07, 6.45) is 3.00. The van der Waals surface area contributed by atoms with Crippen LogP contribution in [0, 0.1) is 0 Å². The van der Waals surface area contributed by atoms with Gasteiger partial charge < -0.3 is 10.8 Å². The summed E-state index contributed by atoms with van der Waals surface area (Å²) in [5, 5.41) is 9.34. The number of phenols is 1. The van der Waals surface area contributed by atoms with Crippen LogP contribution in [0.5, 0.6) is 5.75 Å². The Morgan fingerprint density at radius 2 is 2.07 bits per heavy atom. The van der Waals surface area contributed by atoms with Gasteiger partial charge in [0.25, 0.3) is 0 Å². The number of phenolic OH excluding ortho intramolecular Hbond substituents is 1. The Bertz CT molecular complexity index is 296. The van der Waals surface area contributed by atoms with Gasteiger partial charge in [-0.2, -0.15) is 0 Å². The van der Waals surface area contributed by atoms with Gasteiger partial charge in [0.05, 0.1) is 0 Å². The van der Waals surface area contributed by atoms with E-state index in [-0.39, 0.29) is 6.04 Å². The first-order valence-electron chi connectivity index (χ1n) is 5.26. The van der Waals surface area contributed by atoms with Crippen molar-refractivity contribution in [3.05, 3.63) is 29.3 Å². The summed E-state index contributed by atoms with van der Waals surface area (Å²) in [6, 6.07) is 5.57. The highest BCUT2D eigenvalue weighted by molar-refractivity contribution is 5.36. The zero-order chi connectivity index (χ0) is 10.6. The molecule has 1 atom stereocenters. The monoisotopic (exact) mass is 193 g/mol. The third-order valence-electron chi connectivity index (χ3n) is 2.51. The molecular formula is C12H19NO. The third-order valence-corrected chi connectivity index (χ3v) is 2.51. The van der Waals surface area contributed by atoms with E-state index in [4.69, 9.17) is 5.73 Å². The van der Waals surface area contributed by atoms with Crippen molar-refractivity contribution in [3.63, 3.8) is 0 Å². The first kappa shape index (κ1) is 11.1. The van der Waals surface area contributed by atoms with Crippen molar-refractivity contribution in [2.75, 3.05) is 0 Å². The van der Waals surface area contributed by atoms with E-state index in [1.54, 1.807) is 6.07 Å². The van der Waals surface area contributed by atoms with Crippen LogP contribution in [0.25, 0.3) is 0 Å². The number of aryl methyl sites for hydroxylation is 1. The van der Waals surface area contributed by atoms with Gasteiger partial charge in [-0.15, -0.1) is 0 Å². The van der Waals surface area contributed by atoms with Crippen LogP contribution in [0.2, 0.25) is 0 Å². The largest absolute Gasteiger partial charge is 0.508 e. The molecule has 0 radical (unpaired) electrons. The van der Waals surface area contributed by atoms with Gasteiger partial charge in [0.1, 0.15) is 5.75 Å². The molecule has 0 heterocycles. The molecule has 78 valence electrons. The summed E-state index contributed by atoms with van der Waals surface area (Å²) in [5.41, 5.74) is 8.38. The lowest BCUT2D eigenvalue weighted by molar-refractivity contribution is 0.473. The maximum absolute atomic E-state index is 9.34. The van der Waals surface area contributed by atoms with Crippen LogP contribution in [-0.2, 0) is 6.42 Å². The molecule has 3 N–H and O–H groups in total. The highest BCUT2D eigenvalue weighted by Gasteiger charge is 2.09. The summed E-state index contributed by atoms with van der Waals surface area (Å²) in [4.78, 5) is 0. The van der Waals surface area contributed by atoms with Crippen molar-refractivity contribution in [2.24, 2.45) is 5.73 Å². The lowest BCUT2D eigenvalue weighted by Crippen LogP contribution is -2.11. The number of nitrogens with two attached hydrogens (primary N) is 1. The van der Waals surface area contributed by atoms with E-state index in [1.165, 1.54) is 5.56 Å². The number of hydrogen-bond acceptors (Lipinski definition) is 2. The van der Waals surface area contributed by atoms with Gasteiger partial charge >= 0.3 is 0 Å². The van der Waals surface area contributed by atoms with Crippen LogP contribution in [0.1, 0.15) is 43.9 Å². The van der Waals surface area contributed by atoms with Crippen LogP contribution in [-0.4, -0.2) is 5.11 Å². The van der Waals surface area contributed by atoms with Crippen molar-refractivity contribution in [2.45, 2.75) is 39.2 Å². The van der Waals surface area contributed by atoms with Crippen molar-refractivity contribution in [1.29, 1.82) is 0 Å². The second-order valence-electron chi connectivity index (χ2n) is 3.63.